The summed E-state index contributed by atoms with van der Waals surface area (Å²) < 4.78 is 40.2. The van der Waals surface area contributed by atoms with Gasteiger partial charge in [-0.2, -0.15) is 0 Å². The van der Waals surface area contributed by atoms with Crippen LogP contribution in [0, 0.1) is 5.92 Å². The summed E-state index contributed by atoms with van der Waals surface area (Å²) in [4.78, 5) is 8.66. The van der Waals surface area contributed by atoms with Crippen molar-refractivity contribution in [1.82, 2.24) is 9.88 Å². The van der Waals surface area contributed by atoms with E-state index in [2.05, 4.69) is 26.6 Å². The molecule has 2 atom stereocenters. The Labute approximate surface area is 121 Å². The van der Waals surface area contributed by atoms with Gasteiger partial charge in [0.15, 0.2) is 0 Å². The van der Waals surface area contributed by atoms with Gasteiger partial charge in [0, 0.05) is 19.1 Å². The van der Waals surface area contributed by atoms with E-state index in [1.54, 1.807) is 6.07 Å². The summed E-state index contributed by atoms with van der Waals surface area (Å²) in [7, 11) is 2.15. The number of fused-ring (bicyclic) bond motifs is 1. The standard InChI is InChI=1S/C14H18F3N3O/c1-19-6-4-10-9-20(7-5-12(10)19)13-3-2-11(8-18-13)21-14(15,16)17/h2-3,8,10,12H,4-7,9H2,1H3. The van der Waals surface area contributed by atoms with E-state index in [1.807, 2.05) is 0 Å². The molecule has 4 nitrogen and oxygen atoms in total. The highest BCUT2D eigenvalue weighted by Crippen LogP contribution is 2.32. The van der Waals surface area contributed by atoms with E-state index in [1.165, 1.54) is 12.5 Å². The molecule has 21 heavy (non-hydrogen) atoms. The molecule has 3 rings (SSSR count). The molecule has 2 aliphatic rings. The van der Waals surface area contributed by atoms with Crippen LogP contribution in [-0.2, 0) is 0 Å². The van der Waals surface area contributed by atoms with E-state index >= 15 is 0 Å². The van der Waals surface area contributed by atoms with Crippen molar-refractivity contribution >= 4 is 5.82 Å². The summed E-state index contributed by atoms with van der Waals surface area (Å²) in [6, 6.07) is 3.55. The zero-order chi connectivity index (χ0) is 15.0. The summed E-state index contributed by atoms with van der Waals surface area (Å²) in [5.74, 6) is 1.07. The first-order valence-corrected chi connectivity index (χ1v) is 7.09. The third kappa shape index (κ3) is 3.23. The minimum absolute atomic E-state index is 0.276. The number of hydrogen-bond acceptors (Lipinski definition) is 4. The molecule has 0 saturated carbocycles. The van der Waals surface area contributed by atoms with Crippen molar-refractivity contribution in [1.29, 1.82) is 0 Å². The van der Waals surface area contributed by atoms with Gasteiger partial charge in [-0.1, -0.05) is 0 Å². The molecule has 3 heterocycles. The number of piperidine rings is 1. The van der Waals surface area contributed by atoms with Crippen LogP contribution in [0.5, 0.6) is 5.75 Å². The molecule has 116 valence electrons. The molecular formula is C14H18F3N3O. The fraction of sp³-hybridized carbons (Fsp3) is 0.643. The highest BCUT2D eigenvalue weighted by molar-refractivity contribution is 5.41. The summed E-state index contributed by atoms with van der Waals surface area (Å²) in [5.41, 5.74) is 0. The highest BCUT2D eigenvalue weighted by atomic mass is 19.4. The molecule has 2 unspecified atom stereocenters. The predicted octanol–water partition coefficient (Wildman–Crippen LogP) is 2.51. The van der Waals surface area contributed by atoms with Crippen molar-refractivity contribution in [3.05, 3.63) is 18.3 Å². The number of anilines is 1. The predicted molar refractivity (Wildman–Crippen MR) is 72.3 cm³/mol. The van der Waals surface area contributed by atoms with Crippen LogP contribution in [0.4, 0.5) is 19.0 Å². The highest BCUT2D eigenvalue weighted by Gasteiger charge is 2.36. The Morgan fingerprint density at radius 3 is 2.71 bits per heavy atom. The number of ether oxygens (including phenoxy) is 1. The van der Waals surface area contributed by atoms with Gasteiger partial charge in [0.1, 0.15) is 11.6 Å². The van der Waals surface area contributed by atoms with Crippen molar-refractivity contribution < 1.29 is 17.9 Å². The third-order valence-electron chi connectivity index (χ3n) is 4.39. The number of nitrogens with zero attached hydrogens (tertiary/aromatic N) is 3. The Balaban J connectivity index is 1.65. The number of halogens is 3. The van der Waals surface area contributed by atoms with Gasteiger partial charge < -0.3 is 14.5 Å². The summed E-state index contributed by atoms with van der Waals surface area (Å²) in [6.45, 7) is 2.93. The quantitative estimate of drug-likeness (QED) is 0.839. The van der Waals surface area contributed by atoms with Crippen LogP contribution in [0.3, 0.4) is 0 Å². The summed E-state index contributed by atoms with van der Waals surface area (Å²) >= 11 is 0. The van der Waals surface area contributed by atoms with Gasteiger partial charge in [-0.3, -0.25) is 0 Å². The van der Waals surface area contributed by atoms with Gasteiger partial charge in [0.2, 0.25) is 0 Å². The molecule has 0 spiro atoms. The maximum Gasteiger partial charge on any atom is 0.573 e. The lowest BCUT2D eigenvalue weighted by molar-refractivity contribution is -0.274. The Hall–Kier alpha value is -1.50. The molecular weight excluding hydrogens is 283 g/mol. The van der Waals surface area contributed by atoms with Crippen molar-refractivity contribution in [3.63, 3.8) is 0 Å². The fourth-order valence-electron chi connectivity index (χ4n) is 3.38. The number of alkyl halides is 3. The third-order valence-corrected chi connectivity index (χ3v) is 4.39. The Morgan fingerprint density at radius 2 is 2.05 bits per heavy atom. The number of hydrogen-bond donors (Lipinski definition) is 0. The summed E-state index contributed by atoms with van der Waals surface area (Å²) in [6.07, 6.45) is -1.29. The molecule has 2 saturated heterocycles. The minimum Gasteiger partial charge on any atom is -0.404 e. The largest absolute Gasteiger partial charge is 0.573 e. The average molecular weight is 301 g/mol. The zero-order valence-electron chi connectivity index (χ0n) is 11.8. The smallest absolute Gasteiger partial charge is 0.404 e. The normalized spacial score (nSPS) is 26.8. The number of likely N-dealkylation sites (tertiary alicyclic amines) is 1. The van der Waals surface area contributed by atoms with Crippen LogP contribution in [0.25, 0.3) is 0 Å². The van der Waals surface area contributed by atoms with Gasteiger partial charge in [-0.15, -0.1) is 13.2 Å². The van der Waals surface area contributed by atoms with E-state index in [0.29, 0.717) is 12.0 Å². The maximum absolute atomic E-state index is 12.1. The van der Waals surface area contributed by atoms with E-state index < -0.39 is 6.36 Å². The molecule has 2 fully saturated rings. The number of aromatic nitrogens is 1. The van der Waals surface area contributed by atoms with Gasteiger partial charge in [0.05, 0.1) is 6.20 Å². The molecule has 0 bridgehead atoms. The van der Waals surface area contributed by atoms with Gasteiger partial charge in [-0.05, 0) is 44.5 Å². The lowest BCUT2D eigenvalue weighted by Crippen LogP contribution is -2.45. The van der Waals surface area contributed by atoms with Crippen LogP contribution in [0.2, 0.25) is 0 Å². The second kappa shape index (κ2) is 5.36. The number of rotatable bonds is 2. The van der Waals surface area contributed by atoms with Crippen molar-refractivity contribution in [3.8, 4) is 5.75 Å². The van der Waals surface area contributed by atoms with E-state index in [0.717, 1.165) is 38.1 Å². The zero-order valence-corrected chi connectivity index (χ0v) is 11.8. The lowest BCUT2D eigenvalue weighted by Gasteiger charge is -2.37. The summed E-state index contributed by atoms with van der Waals surface area (Å²) in [5, 5.41) is 0. The van der Waals surface area contributed by atoms with Crippen molar-refractivity contribution in [2.24, 2.45) is 5.92 Å². The van der Waals surface area contributed by atoms with Gasteiger partial charge >= 0.3 is 6.36 Å². The number of pyridine rings is 1. The molecule has 1 aromatic rings. The Kier molecular flexibility index (Phi) is 3.69. The molecule has 0 aliphatic carbocycles. The van der Waals surface area contributed by atoms with Gasteiger partial charge in [0.25, 0.3) is 0 Å². The van der Waals surface area contributed by atoms with Crippen LogP contribution in [0.15, 0.2) is 18.3 Å². The molecule has 7 heteroatoms. The Bertz CT molecular complexity index is 491. The molecule has 0 amide bonds. The van der Waals surface area contributed by atoms with Crippen molar-refractivity contribution in [2.75, 3.05) is 31.6 Å². The molecule has 1 aromatic heterocycles. The fourth-order valence-corrected chi connectivity index (χ4v) is 3.38. The van der Waals surface area contributed by atoms with E-state index in [-0.39, 0.29) is 5.75 Å². The monoisotopic (exact) mass is 301 g/mol. The first kappa shape index (κ1) is 14.4. The lowest BCUT2D eigenvalue weighted by atomic mass is 9.93. The van der Waals surface area contributed by atoms with Crippen LogP contribution >= 0.6 is 0 Å². The first-order valence-electron chi connectivity index (χ1n) is 7.09. The van der Waals surface area contributed by atoms with E-state index in [9.17, 15) is 13.2 Å². The van der Waals surface area contributed by atoms with Crippen LogP contribution in [0.1, 0.15) is 12.8 Å². The van der Waals surface area contributed by atoms with Crippen LogP contribution < -0.4 is 9.64 Å². The average Bonchev–Trinajstić information content (AvgIpc) is 2.79. The molecule has 2 aliphatic heterocycles. The minimum atomic E-state index is -4.67. The topological polar surface area (TPSA) is 28.6 Å². The second-order valence-electron chi connectivity index (χ2n) is 5.73. The first-order chi connectivity index (χ1) is 9.92. The Morgan fingerprint density at radius 1 is 1.24 bits per heavy atom. The van der Waals surface area contributed by atoms with Gasteiger partial charge in [-0.25, -0.2) is 4.98 Å². The second-order valence-corrected chi connectivity index (χ2v) is 5.73. The van der Waals surface area contributed by atoms with E-state index in [4.69, 9.17) is 0 Å². The molecule has 0 aromatic carbocycles. The van der Waals surface area contributed by atoms with Crippen LogP contribution in [-0.4, -0.2) is 49.0 Å². The van der Waals surface area contributed by atoms with Crippen molar-refractivity contribution in [2.45, 2.75) is 25.2 Å². The SMILES string of the molecule is CN1CCC2CN(c3ccc(OC(F)(F)F)cn3)CCC21. The molecule has 0 radical (unpaired) electrons. The molecule has 0 N–H and O–H groups in total. The maximum atomic E-state index is 12.1.